The lowest BCUT2D eigenvalue weighted by Crippen LogP contribution is -2.41. The summed E-state index contributed by atoms with van der Waals surface area (Å²) in [5.74, 6) is 7.39. The van der Waals surface area contributed by atoms with Crippen LogP contribution >= 0.6 is 11.6 Å². The van der Waals surface area contributed by atoms with Gasteiger partial charge in [-0.3, -0.25) is 5.10 Å². The van der Waals surface area contributed by atoms with Gasteiger partial charge >= 0.3 is 7.12 Å². The molecule has 2 heterocycles. The molecular formula is C18H23BClN3O2. The van der Waals surface area contributed by atoms with E-state index in [0.717, 1.165) is 34.8 Å². The van der Waals surface area contributed by atoms with Gasteiger partial charge in [-0.05, 0) is 51.7 Å². The number of aromatic amines is 1. The van der Waals surface area contributed by atoms with Gasteiger partial charge in [0.1, 0.15) is 0 Å². The Bertz CT molecular complexity index is 835. The highest BCUT2D eigenvalue weighted by Crippen LogP contribution is 2.36. The Balaban J connectivity index is 2.02. The Labute approximate surface area is 153 Å². The van der Waals surface area contributed by atoms with Crippen LogP contribution in [0.4, 0.5) is 5.82 Å². The van der Waals surface area contributed by atoms with Crippen molar-refractivity contribution in [2.75, 3.05) is 11.6 Å². The second kappa shape index (κ2) is 6.56. The molecule has 0 saturated carbocycles. The third kappa shape index (κ3) is 3.37. The Morgan fingerprint density at radius 3 is 2.56 bits per heavy atom. The van der Waals surface area contributed by atoms with Gasteiger partial charge in [0, 0.05) is 23.3 Å². The summed E-state index contributed by atoms with van der Waals surface area (Å²) >= 11 is 5.71. The van der Waals surface area contributed by atoms with Gasteiger partial charge in [-0.2, -0.15) is 5.10 Å². The maximum atomic E-state index is 6.15. The van der Waals surface area contributed by atoms with Crippen molar-refractivity contribution in [2.45, 2.75) is 51.7 Å². The molecule has 7 heteroatoms. The van der Waals surface area contributed by atoms with Crippen molar-refractivity contribution in [3.63, 3.8) is 0 Å². The molecule has 0 bridgehead atoms. The normalized spacial score (nSPS) is 18.4. The molecule has 2 aromatic rings. The van der Waals surface area contributed by atoms with Crippen LogP contribution in [0.15, 0.2) is 12.1 Å². The summed E-state index contributed by atoms with van der Waals surface area (Å²) in [6, 6.07) is 3.94. The summed E-state index contributed by atoms with van der Waals surface area (Å²) in [4.78, 5) is 0. The molecule has 0 spiro atoms. The molecule has 1 fully saturated rings. The first-order valence-electron chi connectivity index (χ1n) is 8.43. The van der Waals surface area contributed by atoms with E-state index in [1.165, 1.54) is 0 Å². The largest absolute Gasteiger partial charge is 0.494 e. The molecule has 1 aromatic carbocycles. The minimum atomic E-state index is -0.466. The number of nitrogen functional groups attached to an aromatic ring is 1. The van der Waals surface area contributed by atoms with Gasteiger partial charge in [-0.25, -0.2) is 0 Å². The summed E-state index contributed by atoms with van der Waals surface area (Å²) in [5, 5.41) is 7.90. The van der Waals surface area contributed by atoms with Gasteiger partial charge in [-0.1, -0.05) is 11.8 Å². The lowest BCUT2D eigenvalue weighted by Gasteiger charge is -2.32. The first kappa shape index (κ1) is 18.1. The Hall–Kier alpha value is -1.68. The molecule has 25 heavy (non-hydrogen) atoms. The van der Waals surface area contributed by atoms with Gasteiger partial charge in [0.2, 0.25) is 0 Å². The predicted molar refractivity (Wildman–Crippen MR) is 103 cm³/mol. The van der Waals surface area contributed by atoms with Crippen molar-refractivity contribution in [2.24, 2.45) is 0 Å². The Morgan fingerprint density at radius 1 is 1.24 bits per heavy atom. The number of nitrogens with zero attached hydrogens (tertiary/aromatic N) is 1. The van der Waals surface area contributed by atoms with Crippen LogP contribution in [0.25, 0.3) is 10.9 Å². The van der Waals surface area contributed by atoms with E-state index in [1.54, 1.807) is 0 Å². The number of H-pyrrole nitrogens is 1. The lowest BCUT2D eigenvalue weighted by molar-refractivity contribution is 0.00578. The molecule has 0 unspecified atom stereocenters. The van der Waals surface area contributed by atoms with E-state index in [2.05, 4.69) is 22.0 Å². The van der Waals surface area contributed by atoms with Crippen LogP contribution in [-0.4, -0.2) is 34.4 Å². The average molecular weight is 360 g/mol. The van der Waals surface area contributed by atoms with Gasteiger partial charge < -0.3 is 15.0 Å². The third-order valence-electron chi connectivity index (χ3n) is 4.91. The van der Waals surface area contributed by atoms with Gasteiger partial charge in [-0.15, -0.1) is 11.6 Å². The lowest BCUT2D eigenvalue weighted by atomic mass is 9.77. The predicted octanol–water partition coefficient (Wildman–Crippen LogP) is 2.81. The number of benzene rings is 1. The molecule has 1 saturated heterocycles. The topological polar surface area (TPSA) is 73.2 Å². The maximum absolute atomic E-state index is 6.15. The van der Waals surface area contributed by atoms with Crippen LogP contribution < -0.4 is 11.2 Å². The fourth-order valence-electron chi connectivity index (χ4n) is 2.69. The number of halogens is 1. The maximum Gasteiger partial charge on any atom is 0.494 e. The highest BCUT2D eigenvalue weighted by atomic mass is 35.5. The number of fused-ring (bicyclic) bond motifs is 1. The highest BCUT2D eigenvalue weighted by Gasteiger charge is 2.51. The van der Waals surface area contributed by atoms with E-state index >= 15 is 0 Å². The minimum Gasteiger partial charge on any atom is -0.399 e. The molecule has 0 atom stereocenters. The number of nitrogens with one attached hydrogen (secondary N) is 1. The number of hydrogen-bond acceptors (Lipinski definition) is 4. The Kier molecular flexibility index (Phi) is 4.76. The van der Waals surface area contributed by atoms with Gasteiger partial charge in [0.05, 0.1) is 16.7 Å². The monoisotopic (exact) mass is 359 g/mol. The molecular weight excluding hydrogens is 336 g/mol. The van der Waals surface area contributed by atoms with Crippen LogP contribution in [-0.2, 0) is 9.31 Å². The minimum absolute atomic E-state index is 0.402. The number of alkyl halides is 1. The van der Waals surface area contributed by atoms with Crippen molar-refractivity contribution in [3.05, 3.63) is 17.7 Å². The average Bonchev–Trinajstić information content (AvgIpc) is 3.01. The standard InChI is InChI=1S/C18H23BClN3O2/c1-17(2)18(3,4)25-19(24-17)13-10-12(8-6-5-7-9-20)15-14(11-13)16(21)23-22-15/h10-11H,5,7,9H2,1-4H3,(H3,21,22,23). The molecule has 3 N–H and O–H groups in total. The van der Waals surface area contributed by atoms with Crippen molar-refractivity contribution in [1.82, 2.24) is 10.2 Å². The number of hydrogen-bond donors (Lipinski definition) is 2. The molecule has 5 nitrogen and oxygen atoms in total. The molecule has 0 amide bonds. The van der Waals surface area contributed by atoms with Crippen LogP contribution in [0.5, 0.6) is 0 Å². The van der Waals surface area contributed by atoms with Crippen LogP contribution in [0.1, 0.15) is 46.1 Å². The third-order valence-corrected chi connectivity index (χ3v) is 5.18. The zero-order valence-corrected chi connectivity index (χ0v) is 15.8. The summed E-state index contributed by atoms with van der Waals surface area (Å²) in [7, 11) is -0.466. The summed E-state index contributed by atoms with van der Waals surface area (Å²) in [5.41, 5.74) is 7.76. The van der Waals surface area contributed by atoms with Gasteiger partial charge in [0.25, 0.3) is 0 Å². The molecule has 1 aliphatic rings. The molecule has 1 aliphatic heterocycles. The summed E-state index contributed by atoms with van der Waals surface area (Å²) in [6.45, 7) is 8.13. The van der Waals surface area contributed by atoms with E-state index in [9.17, 15) is 0 Å². The molecule has 0 radical (unpaired) electrons. The zero-order chi connectivity index (χ0) is 18.2. The SMILES string of the molecule is CC1(C)OB(c2cc(C#CCCCCl)c3[nH]nc(N)c3c2)OC1(C)C. The van der Waals surface area contributed by atoms with Crippen molar-refractivity contribution in [3.8, 4) is 11.8 Å². The highest BCUT2D eigenvalue weighted by molar-refractivity contribution is 6.62. The molecule has 132 valence electrons. The first-order valence-corrected chi connectivity index (χ1v) is 8.96. The smallest absolute Gasteiger partial charge is 0.399 e. The van der Waals surface area contributed by atoms with E-state index < -0.39 is 18.3 Å². The fraction of sp³-hybridized carbons (Fsp3) is 0.500. The van der Waals surface area contributed by atoms with Crippen LogP contribution in [0, 0.1) is 11.8 Å². The summed E-state index contributed by atoms with van der Waals surface area (Å²) < 4.78 is 12.3. The Morgan fingerprint density at radius 2 is 1.92 bits per heavy atom. The van der Waals surface area contributed by atoms with Crippen molar-refractivity contribution in [1.29, 1.82) is 0 Å². The number of aromatic nitrogens is 2. The zero-order valence-electron chi connectivity index (χ0n) is 15.1. The second-order valence-corrected chi connectivity index (χ2v) is 7.66. The van der Waals surface area contributed by atoms with E-state index in [4.69, 9.17) is 26.6 Å². The number of nitrogens with two attached hydrogens (primary N) is 1. The van der Waals surface area contributed by atoms with E-state index in [0.29, 0.717) is 11.7 Å². The van der Waals surface area contributed by atoms with Crippen LogP contribution in [0.2, 0.25) is 0 Å². The van der Waals surface area contributed by atoms with Crippen molar-refractivity contribution < 1.29 is 9.31 Å². The van der Waals surface area contributed by atoms with Crippen molar-refractivity contribution >= 4 is 40.9 Å². The van der Waals surface area contributed by atoms with Crippen LogP contribution in [0.3, 0.4) is 0 Å². The number of rotatable bonds is 3. The molecule has 3 rings (SSSR count). The number of unbranched alkanes of at least 4 members (excludes halogenated alkanes) is 1. The first-order chi connectivity index (χ1) is 11.7. The fourth-order valence-corrected chi connectivity index (χ4v) is 2.82. The molecule has 0 aliphatic carbocycles. The summed E-state index contributed by atoms with van der Waals surface area (Å²) in [6.07, 6.45) is 1.61. The quantitative estimate of drug-likeness (QED) is 0.382. The number of anilines is 1. The second-order valence-electron chi connectivity index (χ2n) is 7.28. The van der Waals surface area contributed by atoms with E-state index in [-0.39, 0.29) is 0 Å². The molecule has 1 aromatic heterocycles. The van der Waals surface area contributed by atoms with E-state index in [1.807, 2.05) is 39.8 Å². The van der Waals surface area contributed by atoms with Gasteiger partial charge in [0.15, 0.2) is 5.82 Å².